The van der Waals surface area contributed by atoms with Gasteiger partial charge in [0.05, 0.1) is 13.6 Å². The van der Waals surface area contributed by atoms with Gasteiger partial charge in [0.25, 0.3) is 0 Å². The molecule has 0 aromatic heterocycles. The van der Waals surface area contributed by atoms with E-state index in [1.807, 2.05) is 0 Å². The van der Waals surface area contributed by atoms with Crippen LogP contribution >= 0.6 is 0 Å². The van der Waals surface area contributed by atoms with Crippen molar-refractivity contribution in [1.29, 1.82) is 0 Å². The second kappa shape index (κ2) is 2.75. The third-order valence-corrected chi connectivity index (χ3v) is 2.53. The number of hydrogen-bond donors (Lipinski definition) is 0. The molecular weight excluding hydrogens is 122 g/mol. The van der Waals surface area contributed by atoms with Gasteiger partial charge in [0.1, 0.15) is 13.1 Å². The lowest BCUT2D eigenvalue weighted by Crippen LogP contribution is -2.20. The smallest absolute Gasteiger partial charge is 0.128 e. The molecule has 1 rings (SSSR count). The van der Waals surface area contributed by atoms with Gasteiger partial charge in [-0.25, -0.2) is 0 Å². The van der Waals surface area contributed by atoms with Crippen molar-refractivity contribution in [3.63, 3.8) is 0 Å². The molecule has 1 aliphatic heterocycles. The summed E-state index contributed by atoms with van der Waals surface area (Å²) in [4.78, 5) is 0. The van der Waals surface area contributed by atoms with Crippen LogP contribution in [0.25, 0.3) is 0 Å². The molecule has 0 spiro atoms. The minimum Gasteiger partial charge on any atom is -0.316 e. The normalized spacial score (nSPS) is 22.9. The Kier molecular flexibility index (Phi) is 2.14. The van der Waals surface area contributed by atoms with Crippen molar-refractivity contribution in [3.8, 4) is 0 Å². The molecule has 0 bridgehead atoms. The first kappa shape index (κ1) is 7.80. The maximum Gasteiger partial charge on any atom is 0.128 e. The zero-order valence-corrected chi connectivity index (χ0v) is 7.35. The van der Waals surface area contributed by atoms with Crippen LogP contribution in [0.2, 0.25) is 0 Å². The first-order chi connectivity index (χ1) is 4.66. The lowest BCUT2D eigenvalue weighted by Gasteiger charge is -2.10. The molecule has 0 N–H and O–H groups in total. The Bertz CT molecular complexity index is 143. The first-order valence-electron chi connectivity index (χ1n) is 4.12. The number of likely N-dealkylation sites (N-methyl/N-ethyl adjacent to an activating group) is 1. The SMILES string of the molecule is C/C=C(/C)CC[N+]1(C)CC1. The van der Waals surface area contributed by atoms with E-state index in [2.05, 4.69) is 27.0 Å². The quantitative estimate of drug-likeness (QED) is 0.318. The van der Waals surface area contributed by atoms with Crippen LogP contribution in [-0.2, 0) is 0 Å². The summed E-state index contributed by atoms with van der Waals surface area (Å²) in [5, 5.41) is 0. The van der Waals surface area contributed by atoms with Crippen LogP contribution in [0.1, 0.15) is 20.3 Å². The monoisotopic (exact) mass is 140 g/mol. The van der Waals surface area contributed by atoms with E-state index in [-0.39, 0.29) is 0 Å². The van der Waals surface area contributed by atoms with E-state index in [1.165, 1.54) is 36.1 Å². The van der Waals surface area contributed by atoms with Gasteiger partial charge >= 0.3 is 0 Å². The molecule has 0 aromatic rings. The van der Waals surface area contributed by atoms with E-state index in [0.29, 0.717) is 0 Å². The molecule has 10 heavy (non-hydrogen) atoms. The molecule has 1 heteroatoms. The molecule has 0 aliphatic carbocycles. The largest absolute Gasteiger partial charge is 0.316 e. The summed E-state index contributed by atoms with van der Waals surface area (Å²) in [6.45, 7) is 8.48. The number of allylic oxidation sites excluding steroid dienone is 1. The Balaban J connectivity index is 2.16. The van der Waals surface area contributed by atoms with Crippen molar-refractivity contribution in [2.24, 2.45) is 0 Å². The van der Waals surface area contributed by atoms with Gasteiger partial charge in [0, 0.05) is 6.42 Å². The zero-order chi connectivity index (χ0) is 7.61. The average molecular weight is 140 g/mol. The Morgan fingerprint density at radius 3 is 2.50 bits per heavy atom. The van der Waals surface area contributed by atoms with Crippen molar-refractivity contribution in [3.05, 3.63) is 11.6 Å². The van der Waals surface area contributed by atoms with Crippen LogP contribution in [0.5, 0.6) is 0 Å². The molecule has 1 saturated heterocycles. The van der Waals surface area contributed by atoms with E-state index in [1.54, 1.807) is 0 Å². The summed E-state index contributed by atoms with van der Waals surface area (Å²) >= 11 is 0. The maximum absolute atomic E-state index is 2.34. The van der Waals surface area contributed by atoms with Crippen molar-refractivity contribution in [2.75, 3.05) is 26.7 Å². The van der Waals surface area contributed by atoms with Gasteiger partial charge in [-0.05, 0) is 13.8 Å². The highest BCUT2D eigenvalue weighted by atomic mass is 15.4. The van der Waals surface area contributed by atoms with Gasteiger partial charge in [-0.3, -0.25) is 0 Å². The molecule has 1 nitrogen and oxygen atoms in total. The van der Waals surface area contributed by atoms with Crippen LogP contribution in [-0.4, -0.2) is 31.2 Å². The Morgan fingerprint density at radius 1 is 1.50 bits per heavy atom. The molecule has 0 amide bonds. The van der Waals surface area contributed by atoms with Crippen molar-refractivity contribution >= 4 is 0 Å². The Morgan fingerprint density at radius 2 is 2.10 bits per heavy atom. The van der Waals surface area contributed by atoms with Crippen LogP contribution in [0.3, 0.4) is 0 Å². The van der Waals surface area contributed by atoms with Crippen LogP contribution in [0.4, 0.5) is 0 Å². The minimum absolute atomic E-state index is 1.28. The second-order valence-corrected chi connectivity index (χ2v) is 3.68. The van der Waals surface area contributed by atoms with Gasteiger partial charge in [0.2, 0.25) is 0 Å². The van der Waals surface area contributed by atoms with Gasteiger partial charge in [-0.1, -0.05) is 11.6 Å². The highest BCUT2D eigenvalue weighted by Gasteiger charge is 2.35. The molecule has 58 valence electrons. The number of rotatable bonds is 3. The molecule has 0 saturated carbocycles. The van der Waals surface area contributed by atoms with Crippen molar-refractivity contribution < 1.29 is 4.48 Å². The minimum atomic E-state index is 1.28. The Hall–Kier alpha value is -0.300. The maximum atomic E-state index is 2.34. The topological polar surface area (TPSA) is 0 Å². The first-order valence-corrected chi connectivity index (χ1v) is 4.12. The fourth-order valence-corrected chi connectivity index (χ4v) is 0.985. The number of nitrogens with zero attached hydrogens (tertiary/aromatic N) is 1. The average Bonchev–Trinajstić information content (AvgIpc) is 2.64. The van der Waals surface area contributed by atoms with E-state index < -0.39 is 0 Å². The standard InChI is InChI=1S/C9H18N/c1-4-9(2)5-6-10(3)7-8-10/h4H,5-8H2,1-3H3/q+1/b9-4-. The van der Waals surface area contributed by atoms with Crippen LogP contribution in [0, 0.1) is 0 Å². The van der Waals surface area contributed by atoms with Gasteiger partial charge < -0.3 is 4.48 Å². The summed E-state index contributed by atoms with van der Waals surface area (Å²) < 4.78 is 1.31. The lowest BCUT2D eigenvalue weighted by molar-refractivity contribution is -0.776. The van der Waals surface area contributed by atoms with Gasteiger partial charge in [-0.15, -0.1) is 0 Å². The lowest BCUT2D eigenvalue weighted by atomic mass is 10.2. The molecule has 0 atom stereocenters. The summed E-state index contributed by atoms with van der Waals surface area (Å²) in [5.41, 5.74) is 1.53. The summed E-state index contributed by atoms with van der Waals surface area (Å²) in [7, 11) is 2.34. The molecule has 0 unspecified atom stereocenters. The van der Waals surface area contributed by atoms with Gasteiger partial charge in [0.15, 0.2) is 0 Å². The molecule has 1 aliphatic rings. The fourth-order valence-electron chi connectivity index (χ4n) is 0.985. The summed E-state index contributed by atoms with van der Waals surface area (Å²) in [6.07, 6.45) is 3.50. The highest BCUT2D eigenvalue weighted by molar-refractivity contribution is 4.95. The predicted molar refractivity (Wildman–Crippen MR) is 44.8 cm³/mol. The molecule has 1 fully saturated rings. The number of quaternary nitrogens is 1. The second-order valence-electron chi connectivity index (χ2n) is 3.68. The van der Waals surface area contributed by atoms with E-state index in [4.69, 9.17) is 0 Å². The molecule has 0 aromatic carbocycles. The van der Waals surface area contributed by atoms with E-state index >= 15 is 0 Å². The number of hydrogen-bond acceptors (Lipinski definition) is 0. The van der Waals surface area contributed by atoms with Crippen molar-refractivity contribution in [2.45, 2.75) is 20.3 Å². The molecular formula is C9H18N+. The highest BCUT2D eigenvalue weighted by Crippen LogP contribution is 2.18. The van der Waals surface area contributed by atoms with Crippen LogP contribution < -0.4 is 0 Å². The third-order valence-electron chi connectivity index (χ3n) is 2.53. The van der Waals surface area contributed by atoms with E-state index in [0.717, 1.165) is 0 Å². The summed E-state index contributed by atoms with van der Waals surface area (Å²) in [5.74, 6) is 0. The molecule has 0 radical (unpaired) electrons. The van der Waals surface area contributed by atoms with Crippen LogP contribution in [0.15, 0.2) is 11.6 Å². The van der Waals surface area contributed by atoms with Crippen molar-refractivity contribution in [1.82, 2.24) is 0 Å². The molecule has 1 heterocycles. The Labute approximate surface area is 63.9 Å². The third kappa shape index (κ3) is 2.14. The fraction of sp³-hybridized carbons (Fsp3) is 0.778. The van der Waals surface area contributed by atoms with E-state index in [9.17, 15) is 0 Å². The predicted octanol–water partition coefficient (Wildman–Crippen LogP) is 1.80. The van der Waals surface area contributed by atoms with Gasteiger partial charge in [-0.2, -0.15) is 0 Å². The zero-order valence-electron chi connectivity index (χ0n) is 7.35. The summed E-state index contributed by atoms with van der Waals surface area (Å²) in [6, 6.07) is 0.